The average molecular weight is 302 g/mol. The van der Waals surface area contributed by atoms with E-state index in [2.05, 4.69) is 23.6 Å². The molecule has 1 aromatic carbocycles. The van der Waals surface area contributed by atoms with Crippen LogP contribution in [0.4, 0.5) is 18.9 Å². The van der Waals surface area contributed by atoms with Gasteiger partial charge in [0.25, 0.3) is 0 Å². The van der Waals surface area contributed by atoms with Gasteiger partial charge < -0.3 is 9.64 Å². The Morgan fingerprint density at radius 2 is 1.71 bits per heavy atom. The Labute approximate surface area is 123 Å². The minimum Gasteiger partial charge on any atom is -0.482 e. The molecular weight excluding hydrogens is 281 g/mol. The molecule has 0 amide bonds. The maximum absolute atomic E-state index is 12.3. The minimum atomic E-state index is -4.32. The van der Waals surface area contributed by atoms with Gasteiger partial charge in [-0.3, -0.25) is 4.90 Å². The molecule has 0 aliphatic carbocycles. The predicted molar refractivity (Wildman–Crippen MR) is 76.9 cm³/mol. The van der Waals surface area contributed by atoms with Crippen LogP contribution in [-0.4, -0.2) is 49.9 Å². The van der Waals surface area contributed by atoms with Crippen LogP contribution in [-0.2, 0) is 0 Å². The van der Waals surface area contributed by atoms with Crippen molar-refractivity contribution >= 4 is 5.69 Å². The summed E-state index contributed by atoms with van der Waals surface area (Å²) in [6.45, 7) is 6.45. The van der Waals surface area contributed by atoms with Gasteiger partial charge in [0.2, 0.25) is 0 Å². The van der Waals surface area contributed by atoms with Crippen LogP contribution < -0.4 is 9.64 Å². The molecule has 0 bridgehead atoms. The first-order valence-corrected chi connectivity index (χ1v) is 7.14. The molecule has 21 heavy (non-hydrogen) atoms. The van der Waals surface area contributed by atoms with Crippen molar-refractivity contribution in [3.8, 4) is 5.75 Å². The molecule has 118 valence electrons. The van der Waals surface area contributed by atoms with Crippen LogP contribution in [0, 0.1) is 0 Å². The number of ether oxygens (including phenoxy) is 1. The second-order valence-corrected chi connectivity index (χ2v) is 5.49. The molecule has 2 rings (SSSR count). The van der Waals surface area contributed by atoms with E-state index in [0.717, 1.165) is 31.9 Å². The first kappa shape index (κ1) is 15.9. The van der Waals surface area contributed by atoms with Crippen LogP contribution in [0.5, 0.6) is 5.75 Å². The van der Waals surface area contributed by atoms with E-state index in [1.807, 2.05) is 12.1 Å². The zero-order valence-corrected chi connectivity index (χ0v) is 12.4. The van der Waals surface area contributed by atoms with E-state index in [4.69, 9.17) is 4.74 Å². The third-order valence-electron chi connectivity index (χ3n) is 3.64. The van der Waals surface area contributed by atoms with Crippen LogP contribution in [0.3, 0.4) is 0 Å². The van der Waals surface area contributed by atoms with Crippen molar-refractivity contribution in [1.29, 1.82) is 0 Å². The summed E-state index contributed by atoms with van der Waals surface area (Å²) in [6, 6.07) is 7.42. The van der Waals surface area contributed by atoms with E-state index < -0.39 is 12.8 Å². The highest BCUT2D eigenvalue weighted by Gasteiger charge is 2.29. The van der Waals surface area contributed by atoms with Gasteiger partial charge in [-0.25, -0.2) is 0 Å². The van der Waals surface area contributed by atoms with Crippen LogP contribution in [0.25, 0.3) is 0 Å². The highest BCUT2D eigenvalue weighted by molar-refractivity contribution is 5.58. The SMILES string of the molecule is CC(C)N1CCN(c2ccccc2OCC(F)(F)F)CC1. The number of halogens is 3. The molecule has 1 aromatic rings. The first-order chi connectivity index (χ1) is 9.87. The molecule has 0 radical (unpaired) electrons. The number of alkyl halides is 3. The lowest BCUT2D eigenvalue weighted by Gasteiger charge is -2.38. The molecule has 3 nitrogen and oxygen atoms in total. The second kappa shape index (κ2) is 6.56. The summed E-state index contributed by atoms with van der Waals surface area (Å²) in [5.74, 6) is 0.299. The lowest BCUT2D eigenvalue weighted by Crippen LogP contribution is -2.49. The monoisotopic (exact) mass is 302 g/mol. The van der Waals surface area contributed by atoms with E-state index in [9.17, 15) is 13.2 Å². The number of piperazine rings is 1. The number of rotatable bonds is 4. The van der Waals surface area contributed by atoms with E-state index in [0.29, 0.717) is 11.8 Å². The van der Waals surface area contributed by atoms with Crippen LogP contribution in [0.15, 0.2) is 24.3 Å². The third-order valence-corrected chi connectivity index (χ3v) is 3.64. The lowest BCUT2D eigenvalue weighted by molar-refractivity contribution is -0.153. The molecule has 0 spiro atoms. The van der Waals surface area contributed by atoms with Gasteiger partial charge in [-0.1, -0.05) is 12.1 Å². The van der Waals surface area contributed by atoms with Gasteiger partial charge >= 0.3 is 6.18 Å². The van der Waals surface area contributed by atoms with E-state index in [1.54, 1.807) is 12.1 Å². The third kappa shape index (κ3) is 4.52. The molecule has 0 unspecified atom stereocenters. The molecule has 1 heterocycles. The van der Waals surface area contributed by atoms with Crippen molar-refractivity contribution in [3.63, 3.8) is 0 Å². The Kier molecular flexibility index (Phi) is 4.98. The fourth-order valence-corrected chi connectivity index (χ4v) is 2.48. The number of anilines is 1. The van der Waals surface area contributed by atoms with Gasteiger partial charge in [0, 0.05) is 32.2 Å². The highest BCUT2D eigenvalue weighted by Crippen LogP contribution is 2.30. The van der Waals surface area contributed by atoms with Gasteiger partial charge in [0.05, 0.1) is 5.69 Å². The molecule has 0 atom stereocenters. The van der Waals surface area contributed by atoms with Gasteiger partial charge in [0.15, 0.2) is 6.61 Å². The number of nitrogens with zero attached hydrogens (tertiary/aromatic N) is 2. The zero-order chi connectivity index (χ0) is 15.5. The fourth-order valence-electron chi connectivity index (χ4n) is 2.48. The summed E-state index contributed by atoms with van der Waals surface area (Å²) in [4.78, 5) is 4.44. The molecule has 1 saturated heterocycles. The summed E-state index contributed by atoms with van der Waals surface area (Å²) in [6.07, 6.45) is -4.32. The Hall–Kier alpha value is -1.43. The van der Waals surface area contributed by atoms with E-state index >= 15 is 0 Å². The van der Waals surface area contributed by atoms with Crippen molar-refractivity contribution in [2.45, 2.75) is 26.1 Å². The van der Waals surface area contributed by atoms with Crippen LogP contribution in [0.1, 0.15) is 13.8 Å². The molecular formula is C15H21F3N2O. The molecule has 6 heteroatoms. The van der Waals surface area contributed by atoms with Crippen molar-refractivity contribution in [3.05, 3.63) is 24.3 Å². The zero-order valence-electron chi connectivity index (χ0n) is 12.4. The first-order valence-electron chi connectivity index (χ1n) is 7.14. The number of hydrogen-bond acceptors (Lipinski definition) is 3. The Morgan fingerprint density at radius 3 is 2.29 bits per heavy atom. The lowest BCUT2D eigenvalue weighted by atomic mass is 10.2. The maximum atomic E-state index is 12.3. The van der Waals surface area contributed by atoms with Gasteiger partial charge in [-0.05, 0) is 26.0 Å². The number of benzene rings is 1. The molecule has 1 fully saturated rings. The summed E-state index contributed by atoms with van der Waals surface area (Å²) in [7, 11) is 0. The highest BCUT2D eigenvalue weighted by atomic mass is 19.4. The number of hydrogen-bond donors (Lipinski definition) is 0. The Bertz CT molecular complexity index is 454. The second-order valence-electron chi connectivity index (χ2n) is 5.49. The molecule has 0 N–H and O–H groups in total. The van der Waals surface area contributed by atoms with Gasteiger partial charge in [-0.2, -0.15) is 13.2 Å². The summed E-state index contributed by atoms with van der Waals surface area (Å²) < 4.78 is 41.9. The van der Waals surface area contributed by atoms with Crippen molar-refractivity contribution in [2.75, 3.05) is 37.7 Å². The standard InChI is InChI=1S/C15H21F3N2O/c1-12(2)19-7-9-20(10-8-19)13-5-3-4-6-14(13)21-11-15(16,17)18/h3-6,12H,7-11H2,1-2H3. The average Bonchev–Trinajstić information content (AvgIpc) is 2.45. The van der Waals surface area contributed by atoms with E-state index in [-0.39, 0.29) is 0 Å². The number of para-hydroxylation sites is 2. The van der Waals surface area contributed by atoms with Crippen molar-refractivity contribution < 1.29 is 17.9 Å². The Morgan fingerprint density at radius 1 is 1.10 bits per heavy atom. The molecule has 0 aromatic heterocycles. The van der Waals surface area contributed by atoms with Gasteiger partial charge in [0.1, 0.15) is 5.75 Å². The van der Waals surface area contributed by atoms with E-state index in [1.165, 1.54) is 0 Å². The normalized spacial score (nSPS) is 17.3. The van der Waals surface area contributed by atoms with Gasteiger partial charge in [-0.15, -0.1) is 0 Å². The van der Waals surface area contributed by atoms with Crippen molar-refractivity contribution in [1.82, 2.24) is 4.90 Å². The maximum Gasteiger partial charge on any atom is 0.422 e. The quantitative estimate of drug-likeness (QED) is 0.850. The minimum absolute atomic E-state index is 0.299. The largest absolute Gasteiger partial charge is 0.482 e. The van der Waals surface area contributed by atoms with Crippen molar-refractivity contribution in [2.24, 2.45) is 0 Å². The van der Waals surface area contributed by atoms with Crippen LogP contribution >= 0.6 is 0 Å². The topological polar surface area (TPSA) is 15.7 Å². The van der Waals surface area contributed by atoms with Crippen LogP contribution in [0.2, 0.25) is 0 Å². The summed E-state index contributed by atoms with van der Waals surface area (Å²) in [5, 5.41) is 0. The Balaban J connectivity index is 2.03. The fraction of sp³-hybridized carbons (Fsp3) is 0.600. The summed E-state index contributed by atoms with van der Waals surface area (Å²) >= 11 is 0. The molecule has 0 saturated carbocycles. The smallest absolute Gasteiger partial charge is 0.422 e. The predicted octanol–water partition coefficient (Wildman–Crippen LogP) is 3.16. The molecule has 1 aliphatic rings. The molecule has 1 aliphatic heterocycles. The summed E-state index contributed by atoms with van der Waals surface area (Å²) in [5.41, 5.74) is 0.741.